The van der Waals surface area contributed by atoms with Crippen LogP contribution >= 0.6 is 0 Å². The summed E-state index contributed by atoms with van der Waals surface area (Å²) in [4.78, 5) is 23.8. The molecule has 1 unspecified atom stereocenters. The van der Waals surface area contributed by atoms with E-state index >= 15 is 0 Å². The zero-order valence-electron chi connectivity index (χ0n) is 14.4. The van der Waals surface area contributed by atoms with Crippen LogP contribution < -0.4 is 11.1 Å². The second-order valence-electron chi connectivity index (χ2n) is 6.09. The van der Waals surface area contributed by atoms with Crippen LogP contribution in [0.4, 0.5) is 0 Å². The van der Waals surface area contributed by atoms with Gasteiger partial charge in [-0.15, -0.1) is 0 Å². The molecule has 2 heterocycles. The molecule has 0 radical (unpaired) electrons. The molecule has 8 heteroatoms. The van der Waals surface area contributed by atoms with Crippen LogP contribution in [0.15, 0.2) is 33.2 Å². The second kappa shape index (κ2) is 7.01. The molecule has 0 fully saturated rings. The molecule has 1 atom stereocenters. The largest absolute Gasteiger partial charge is 0.461 e. The summed E-state index contributed by atoms with van der Waals surface area (Å²) in [5.74, 6) is -0.229. The Morgan fingerprint density at radius 2 is 2.08 bits per heavy atom. The number of aliphatic hydroxyl groups excluding tert-OH is 1. The van der Waals surface area contributed by atoms with Gasteiger partial charge in [0.1, 0.15) is 23.1 Å². The van der Waals surface area contributed by atoms with Gasteiger partial charge >= 0.3 is 0 Å². The highest BCUT2D eigenvalue weighted by Gasteiger charge is 2.23. The number of aromatic nitrogens is 1. The predicted molar refractivity (Wildman–Crippen MR) is 92.5 cm³/mol. The Kier molecular flexibility index (Phi) is 4.77. The van der Waals surface area contributed by atoms with Crippen molar-refractivity contribution in [2.45, 2.75) is 26.3 Å². The molecule has 26 heavy (non-hydrogen) atoms. The molecule has 3 aromatic rings. The average Bonchev–Trinajstić information content (AvgIpc) is 3.14. The standard InChI is InChI=1S/C18H19N3O5/c1-9-5-12(26-21-9)6-11-3-4-15-13(7-11)16(10(2)25-15)18(24)20-14(8-22)17(19)23/h3-5,7,14,22H,6,8H2,1-2H3,(H2,19,23)(H,20,24). The average molecular weight is 357 g/mol. The molecule has 0 bridgehead atoms. The van der Waals surface area contributed by atoms with Crippen LogP contribution in [0, 0.1) is 13.8 Å². The Balaban J connectivity index is 1.94. The van der Waals surface area contributed by atoms with E-state index in [9.17, 15) is 14.7 Å². The minimum Gasteiger partial charge on any atom is -0.461 e. The Morgan fingerprint density at radius 1 is 1.31 bits per heavy atom. The van der Waals surface area contributed by atoms with Crippen molar-refractivity contribution in [2.24, 2.45) is 5.73 Å². The molecule has 0 saturated heterocycles. The van der Waals surface area contributed by atoms with Crippen LogP contribution in [0.1, 0.15) is 33.1 Å². The Bertz CT molecular complexity index is 973. The number of aryl methyl sites for hydroxylation is 2. The third kappa shape index (κ3) is 3.45. The number of aliphatic hydroxyl groups is 1. The molecular formula is C18H19N3O5. The van der Waals surface area contributed by atoms with E-state index in [1.165, 1.54) is 0 Å². The number of benzene rings is 1. The van der Waals surface area contributed by atoms with Crippen molar-refractivity contribution in [1.82, 2.24) is 10.5 Å². The van der Waals surface area contributed by atoms with E-state index in [-0.39, 0.29) is 0 Å². The minimum atomic E-state index is -1.16. The second-order valence-corrected chi connectivity index (χ2v) is 6.09. The lowest BCUT2D eigenvalue weighted by atomic mass is 10.0. The summed E-state index contributed by atoms with van der Waals surface area (Å²) in [6.45, 7) is 2.92. The predicted octanol–water partition coefficient (Wildman–Crippen LogP) is 1.20. The normalized spacial score (nSPS) is 12.3. The fourth-order valence-corrected chi connectivity index (χ4v) is 2.80. The summed E-state index contributed by atoms with van der Waals surface area (Å²) in [5, 5.41) is 16.1. The number of primary amides is 1. The summed E-state index contributed by atoms with van der Waals surface area (Å²) < 4.78 is 10.9. The van der Waals surface area contributed by atoms with Gasteiger partial charge in [0.05, 0.1) is 17.9 Å². The maximum Gasteiger partial charge on any atom is 0.256 e. The van der Waals surface area contributed by atoms with E-state index in [0.717, 1.165) is 11.3 Å². The van der Waals surface area contributed by atoms with Crippen LogP contribution in [0.3, 0.4) is 0 Å². The first kappa shape index (κ1) is 17.7. The molecule has 8 nitrogen and oxygen atoms in total. The molecule has 2 amide bonds. The van der Waals surface area contributed by atoms with E-state index in [1.54, 1.807) is 13.0 Å². The summed E-state index contributed by atoms with van der Waals surface area (Å²) in [7, 11) is 0. The lowest BCUT2D eigenvalue weighted by molar-refractivity contribution is -0.120. The lowest BCUT2D eigenvalue weighted by Crippen LogP contribution is -2.46. The maximum atomic E-state index is 12.6. The molecule has 4 N–H and O–H groups in total. The number of amides is 2. The number of nitrogens with one attached hydrogen (secondary N) is 1. The van der Waals surface area contributed by atoms with Gasteiger partial charge in [0.2, 0.25) is 5.91 Å². The van der Waals surface area contributed by atoms with Crippen molar-refractivity contribution >= 4 is 22.8 Å². The highest BCUT2D eigenvalue weighted by molar-refractivity contribution is 6.08. The van der Waals surface area contributed by atoms with E-state index in [1.807, 2.05) is 25.1 Å². The van der Waals surface area contributed by atoms with Crippen LogP contribution in [-0.4, -0.2) is 34.7 Å². The van der Waals surface area contributed by atoms with Crippen LogP contribution in [-0.2, 0) is 11.2 Å². The molecule has 3 rings (SSSR count). The highest BCUT2D eigenvalue weighted by Crippen LogP contribution is 2.27. The molecule has 0 spiro atoms. The van der Waals surface area contributed by atoms with E-state index in [2.05, 4.69) is 10.5 Å². The summed E-state index contributed by atoms with van der Waals surface area (Å²) in [6, 6.07) is 6.17. The molecule has 0 saturated carbocycles. The minimum absolute atomic E-state index is 0.301. The number of rotatable bonds is 6. The van der Waals surface area contributed by atoms with Crippen molar-refractivity contribution in [1.29, 1.82) is 0 Å². The summed E-state index contributed by atoms with van der Waals surface area (Å²) in [5.41, 5.74) is 7.71. The SMILES string of the molecule is Cc1cc(Cc2ccc3oc(C)c(C(=O)NC(CO)C(N)=O)c3c2)on1. The van der Waals surface area contributed by atoms with E-state index in [4.69, 9.17) is 14.7 Å². The number of carbonyl (C=O) groups excluding carboxylic acids is 2. The fraction of sp³-hybridized carbons (Fsp3) is 0.278. The van der Waals surface area contributed by atoms with E-state index < -0.39 is 24.5 Å². The zero-order valence-corrected chi connectivity index (χ0v) is 14.4. The van der Waals surface area contributed by atoms with Gasteiger partial charge in [0.25, 0.3) is 5.91 Å². The van der Waals surface area contributed by atoms with Crippen molar-refractivity contribution in [3.63, 3.8) is 0 Å². The number of hydrogen-bond acceptors (Lipinski definition) is 6. The highest BCUT2D eigenvalue weighted by atomic mass is 16.5. The summed E-state index contributed by atoms with van der Waals surface area (Å²) >= 11 is 0. The van der Waals surface area contributed by atoms with Gasteiger partial charge in [-0.3, -0.25) is 9.59 Å². The van der Waals surface area contributed by atoms with Crippen molar-refractivity contribution in [3.8, 4) is 0 Å². The Hall–Kier alpha value is -3.13. The number of hydrogen-bond donors (Lipinski definition) is 3. The first-order valence-electron chi connectivity index (χ1n) is 8.04. The summed E-state index contributed by atoms with van der Waals surface area (Å²) in [6.07, 6.45) is 0.516. The molecule has 0 aliphatic carbocycles. The molecular weight excluding hydrogens is 338 g/mol. The first-order valence-corrected chi connectivity index (χ1v) is 8.04. The molecule has 0 aliphatic heterocycles. The third-order valence-electron chi connectivity index (χ3n) is 4.04. The van der Waals surface area contributed by atoms with Gasteiger partial charge in [-0.05, 0) is 31.5 Å². The van der Waals surface area contributed by atoms with Gasteiger partial charge in [-0.1, -0.05) is 11.2 Å². The van der Waals surface area contributed by atoms with Crippen LogP contribution in [0.2, 0.25) is 0 Å². The van der Waals surface area contributed by atoms with Gasteiger partial charge in [-0.25, -0.2) is 0 Å². The Morgan fingerprint density at radius 3 is 2.69 bits per heavy atom. The Labute approximate surface area is 148 Å². The topological polar surface area (TPSA) is 132 Å². The fourth-order valence-electron chi connectivity index (χ4n) is 2.80. The molecule has 2 aromatic heterocycles. The number of carbonyl (C=O) groups is 2. The van der Waals surface area contributed by atoms with Gasteiger partial charge in [0.15, 0.2) is 0 Å². The zero-order chi connectivity index (χ0) is 18.8. The maximum absolute atomic E-state index is 12.6. The van der Waals surface area contributed by atoms with Crippen molar-refractivity contribution in [3.05, 3.63) is 52.6 Å². The lowest BCUT2D eigenvalue weighted by Gasteiger charge is -2.12. The molecule has 136 valence electrons. The smallest absolute Gasteiger partial charge is 0.256 e. The number of nitrogens with zero attached hydrogens (tertiary/aromatic N) is 1. The van der Waals surface area contributed by atoms with Gasteiger partial charge in [0, 0.05) is 17.9 Å². The monoisotopic (exact) mass is 357 g/mol. The van der Waals surface area contributed by atoms with Crippen LogP contribution in [0.25, 0.3) is 11.0 Å². The molecule has 1 aromatic carbocycles. The van der Waals surface area contributed by atoms with Gasteiger partial charge in [-0.2, -0.15) is 0 Å². The number of nitrogens with two attached hydrogens (primary N) is 1. The van der Waals surface area contributed by atoms with Crippen LogP contribution in [0.5, 0.6) is 0 Å². The quantitative estimate of drug-likeness (QED) is 0.607. The molecule has 0 aliphatic rings. The van der Waals surface area contributed by atoms with Crippen molar-refractivity contribution < 1.29 is 23.6 Å². The van der Waals surface area contributed by atoms with Crippen molar-refractivity contribution in [2.75, 3.05) is 6.61 Å². The third-order valence-corrected chi connectivity index (χ3v) is 4.04. The number of furan rings is 1. The first-order chi connectivity index (χ1) is 12.4. The van der Waals surface area contributed by atoms with E-state index in [0.29, 0.717) is 34.5 Å². The van der Waals surface area contributed by atoms with Gasteiger partial charge < -0.3 is 25.1 Å². The number of fused-ring (bicyclic) bond motifs is 1.